The fourth-order valence-corrected chi connectivity index (χ4v) is 6.60. The standard InChI is InChI=1S/C29H34N4O2/c1-17(34)21-15-22-23(16-25(21)33-12-8-19(9-13-33)32-10-4-5-11-32)29(2,3)28-26(27(22)35)20-7-6-18(30)14-24(20)31-28/h6-7,14-16,19,31H,4-5,8-13,30H2,1-3H3. The molecule has 182 valence electrons. The number of rotatable bonds is 3. The molecule has 2 fully saturated rings. The second-order valence-electron chi connectivity index (χ2n) is 11.1. The lowest BCUT2D eigenvalue weighted by molar-refractivity contribution is 0.101. The van der Waals surface area contributed by atoms with Gasteiger partial charge in [0.15, 0.2) is 11.6 Å². The maximum absolute atomic E-state index is 13.8. The molecular weight excluding hydrogens is 436 g/mol. The average Bonchev–Trinajstić information content (AvgIpc) is 3.51. The number of carbonyl (C=O) groups excluding carboxylic acids is 2. The second kappa shape index (κ2) is 7.95. The van der Waals surface area contributed by atoms with Crippen molar-refractivity contribution in [1.29, 1.82) is 0 Å². The number of nitrogens with zero attached hydrogens (tertiary/aromatic N) is 2. The summed E-state index contributed by atoms with van der Waals surface area (Å²) in [5, 5.41) is 0.885. The molecule has 6 rings (SSSR count). The van der Waals surface area contributed by atoms with Crippen LogP contribution in [0.15, 0.2) is 30.3 Å². The first-order valence-corrected chi connectivity index (χ1v) is 12.9. The summed E-state index contributed by atoms with van der Waals surface area (Å²) in [6.45, 7) is 10.2. The molecule has 2 saturated heterocycles. The van der Waals surface area contributed by atoms with Gasteiger partial charge in [-0.1, -0.05) is 19.9 Å². The van der Waals surface area contributed by atoms with E-state index in [9.17, 15) is 9.59 Å². The Labute approximate surface area is 206 Å². The molecule has 0 amide bonds. The number of piperidine rings is 1. The lowest BCUT2D eigenvalue weighted by atomic mass is 9.70. The number of nitrogens with one attached hydrogen (secondary N) is 1. The number of nitrogens with two attached hydrogens (primary N) is 1. The van der Waals surface area contributed by atoms with Crippen molar-refractivity contribution in [2.75, 3.05) is 36.8 Å². The molecule has 3 heterocycles. The highest BCUT2D eigenvalue weighted by molar-refractivity contribution is 6.21. The van der Waals surface area contributed by atoms with E-state index in [2.05, 4.69) is 34.7 Å². The van der Waals surface area contributed by atoms with E-state index < -0.39 is 5.41 Å². The van der Waals surface area contributed by atoms with Gasteiger partial charge in [0.25, 0.3) is 0 Å². The van der Waals surface area contributed by atoms with E-state index in [1.165, 1.54) is 25.9 Å². The number of benzene rings is 2. The Balaban J connectivity index is 1.42. The van der Waals surface area contributed by atoms with E-state index in [0.717, 1.165) is 53.8 Å². The third-order valence-electron chi connectivity index (χ3n) is 8.57. The number of ketones is 2. The highest BCUT2D eigenvalue weighted by Gasteiger charge is 2.41. The minimum atomic E-state index is -0.412. The Bertz CT molecular complexity index is 1350. The number of fused-ring (bicyclic) bond motifs is 4. The molecule has 0 atom stereocenters. The Kier molecular flexibility index (Phi) is 5.08. The van der Waals surface area contributed by atoms with Gasteiger partial charge in [0.1, 0.15) is 0 Å². The molecule has 35 heavy (non-hydrogen) atoms. The monoisotopic (exact) mass is 470 g/mol. The summed E-state index contributed by atoms with van der Waals surface area (Å²) in [5.41, 5.74) is 12.0. The molecule has 2 aliphatic heterocycles. The molecule has 1 aromatic heterocycles. The zero-order chi connectivity index (χ0) is 24.5. The molecule has 3 aromatic rings. The van der Waals surface area contributed by atoms with Crippen LogP contribution in [0.2, 0.25) is 0 Å². The van der Waals surface area contributed by atoms with Crippen molar-refractivity contribution in [1.82, 2.24) is 9.88 Å². The lowest BCUT2D eigenvalue weighted by Gasteiger charge is -2.40. The van der Waals surface area contributed by atoms with Gasteiger partial charge in [-0.25, -0.2) is 0 Å². The van der Waals surface area contributed by atoms with Gasteiger partial charge in [-0.3, -0.25) is 9.59 Å². The number of Topliss-reactive ketones (excluding diaryl/α,β-unsaturated/α-hetero) is 1. The molecule has 3 aliphatic rings. The van der Waals surface area contributed by atoms with Gasteiger partial charge in [0.05, 0.1) is 5.56 Å². The smallest absolute Gasteiger partial charge is 0.195 e. The van der Waals surface area contributed by atoms with Crippen LogP contribution >= 0.6 is 0 Å². The van der Waals surface area contributed by atoms with Crippen molar-refractivity contribution >= 4 is 33.8 Å². The maximum Gasteiger partial charge on any atom is 0.195 e. The van der Waals surface area contributed by atoms with Crippen LogP contribution in [0.5, 0.6) is 0 Å². The minimum Gasteiger partial charge on any atom is -0.399 e. The van der Waals surface area contributed by atoms with Gasteiger partial charge in [0, 0.05) is 63.6 Å². The molecule has 6 heteroatoms. The van der Waals surface area contributed by atoms with Crippen molar-refractivity contribution in [3.63, 3.8) is 0 Å². The molecule has 0 spiro atoms. The van der Waals surface area contributed by atoms with E-state index in [1.54, 1.807) is 6.92 Å². The molecule has 0 radical (unpaired) electrons. The maximum atomic E-state index is 13.8. The molecule has 1 aliphatic carbocycles. The Morgan fingerprint density at radius 1 is 1.06 bits per heavy atom. The van der Waals surface area contributed by atoms with Gasteiger partial charge in [-0.2, -0.15) is 0 Å². The molecule has 0 unspecified atom stereocenters. The number of hydrogen-bond acceptors (Lipinski definition) is 5. The molecule has 6 nitrogen and oxygen atoms in total. The van der Waals surface area contributed by atoms with Crippen molar-refractivity contribution < 1.29 is 9.59 Å². The summed E-state index contributed by atoms with van der Waals surface area (Å²) in [6, 6.07) is 10.3. The van der Waals surface area contributed by atoms with Crippen LogP contribution in [0.3, 0.4) is 0 Å². The largest absolute Gasteiger partial charge is 0.399 e. The third kappa shape index (κ3) is 3.41. The van der Waals surface area contributed by atoms with Crippen LogP contribution < -0.4 is 10.6 Å². The molecular formula is C29H34N4O2. The van der Waals surface area contributed by atoms with Gasteiger partial charge in [-0.05, 0) is 75.5 Å². The van der Waals surface area contributed by atoms with Crippen LogP contribution in [0.1, 0.15) is 84.0 Å². The van der Waals surface area contributed by atoms with Crippen molar-refractivity contribution in [2.24, 2.45) is 0 Å². The fourth-order valence-electron chi connectivity index (χ4n) is 6.60. The highest BCUT2D eigenvalue weighted by Crippen LogP contribution is 2.46. The molecule has 0 bridgehead atoms. The van der Waals surface area contributed by atoms with Crippen LogP contribution in [0.4, 0.5) is 11.4 Å². The van der Waals surface area contributed by atoms with E-state index >= 15 is 0 Å². The predicted octanol–water partition coefficient (Wildman–Crippen LogP) is 4.89. The van der Waals surface area contributed by atoms with Crippen LogP contribution in [0, 0.1) is 0 Å². The number of hydrogen-bond donors (Lipinski definition) is 2. The minimum absolute atomic E-state index is 0.00701. The zero-order valence-corrected chi connectivity index (χ0v) is 20.9. The lowest BCUT2D eigenvalue weighted by Crippen LogP contribution is -2.44. The van der Waals surface area contributed by atoms with Crippen LogP contribution in [0.25, 0.3) is 10.9 Å². The van der Waals surface area contributed by atoms with Crippen molar-refractivity contribution in [3.8, 4) is 0 Å². The van der Waals surface area contributed by atoms with E-state index in [1.807, 2.05) is 24.3 Å². The molecule has 0 saturated carbocycles. The van der Waals surface area contributed by atoms with Crippen molar-refractivity contribution in [3.05, 3.63) is 58.3 Å². The normalized spacial score (nSPS) is 20.3. The summed E-state index contributed by atoms with van der Waals surface area (Å²) in [5.74, 6) is -0.0142. The third-order valence-corrected chi connectivity index (χ3v) is 8.57. The molecule has 3 N–H and O–H groups in total. The first-order chi connectivity index (χ1) is 16.8. The summed E-state index contributed by atoms with van der Waals surface area (Å²) in [6.07, 6.45) is 4.85. The predicted molar refractivity (Wildman–Crippen MR) is 141 cm³/mol. The topological polar surface area (TPSA) is 82.4 Å². The highest BCUT2D eigenvalue weighted by atomic mass is 16.1. The summed E-state index contributed by atoms with van der Waals surface area (Å²) < 4.78 is 0. The Morgan fingerprint density at radius 2 is 1.77 bits per heavy atom. The Morgan fingerprint density at radius 3 is 2.46 bits per heavy atom. The summed E-state index contributed by atoms with van der Waals surface area (Å²) in [7, 11) is 0. The van der Waals surface area contributed by atoms with Gasteiger partial charge < -0.3 is 20.5 Å². The van der Waals surface area contributed by atoms with E-state index in [-0.39, 0.29) is 11.6 Å². The molecule has 2 aromatic carbocycles. The van der Waals surface area contributed by atoms with Gasteiger partial charge in [0.2, 0.25) is 0 Å². The number of aromatic amines is 1. The van der Waals surface area contributed by atoms with Crippen LogP contribution in [-0.2, 0) is 5.41 Å². The number of H-pyrrole nitrogens is 1. The summed E-state index contributed by atoms with van der Waals surface area (Å²) >= 11 is 0. The summed E-state index contributed by atoms with van der Waals surface area (Å²) in [4.78, 5) is 35.2. The van der Waals surface area contributed by atoms with Crippen LogP contribution in [-0.4, -0.2) is 53.7 Å². The number of nitrogen functional groups attached to an aromatic ring is 1. The zero-order valence-electron chi connectivity index (χ0n) is 20.9. The van der Waals surface area contributed by atoms with Gasteiger partial charge in [-0.15, -0.1) is 0 Å². The first-order valence-electron chi connectivity index (χ1n) is 12.9. The van der Waals surface area contributed by atoms with E-state index in [4.69, 9.17) is 5.73 Å². The number of aromatic nitrogens is 1. The number of anilines is 2. The SMILES string of the molecule is CC(=O)c1cc2c(cc1N1CCC(N3CCCC3)CC1)C(C)(C)c1[nH]c3cc(N)ccc3c1C2=O. The van der Waals surface area contributed by atoms with E-state index in [0.29, 0.717) is 28.4 Å². The second-order valence-corrected chi connectivity index (χ2v) is 11.1. The van der Waals surface area contributed by atoms with Crippen molar-refractivity contribution in [2.45, 2.75) is 57.9 Å². The number of carbonyl (C=O) groups is 2. The fraction of sp³-hybridized carbons (Fsp3) is 0.448. The first kappa shape index (κ1) is 22.4. The van der Waals surface area contributed by atoms with Gasteiger partial charge >= 0.3 is 0 Å². The average molecular weight is 471 g/mol. The number of likely N-dealkylation sites (tertiary alicyclic amines) is 1. The quantitative estimate of drug-likeness (QED) is 0.421. The Hall–Kier alpha value is -3.12.